The zero-order valence-corrected chi connectivity index (χ0v) is 13.2. The molecule has 0 radical (unpaired) electrons. The number of carbonyl (C=O) groups is 1. The van der Waals surface area contributed by atoms with Crippen molar-refractivity contribution in [2.24, 2.45) is 7.05 Å². The standard InChI is InChI=1S/C16H20N4O3/c1-19-11-18-13-12(2-5-17-14(13)19)15(21)20-6-9-23-16(10-20)3-7-22-8-4-16/h2,5,11H,3-4,6-10H2,1H3. The van der Waals surface area contributed by atoms with E-state index in [1.807, 2.05) is 16.5 Å². The van der Waals surface area contributed by atoms with E-state index in [-0.39, 0.29) is 11.5 Å². The molecule has 0 aliphatic carbocycles. The largest absolute Gasteiger partial charge is 0.381 e. The summed E-state index contributed by atoms with van der Waals surface area (Å²) in [6.07, 6.45) is 5.04. The number of hydrogen-bond acceptors (Lipinski definition) is 5. The maximum atomic E-state index is 13.0. The summed E-state index contributed by atoms with van der Waals surface area (Å²) in [6.45, 7) is 3.19. The van der Waals surface area contributed by atoms with Crippen LogP contribution < -0.4 is 0 Å². The molecule has 7 heteroatoms. The Kier molecular flexibility index (Phi) is 3.54. The van der Waals surface area contributed by atoms with Crippen LogP contribution in [0.1, 0.15) is 23.2 Å². The van der Waals surface area contributed by atoms with E-state index >= 15 is 0 Å². The monoisotopic (exact) mass is 316 g/mol. The molecule has 1 amide bonds. The molecule has 2 aliphatic rings. The van der Waals surface area contributed by atoms with E-state index in [0.29, 0.717) is 44.0 Å². The molecule has 4 rings (SSSR count). The number of imidazole rings is 1. The molecule has 122 valence electrons. The first kappa shape index (κ1) is 14.6. The van der Waals surface area contributed by atoms with Crippen molar-refractivity contribution < 1.29 is 14.3 Å². The van der Waals surface area contributed by atoms with E-state index in [1.165, 1.54) is 0 Å². The zero-order chi connectivity index (χ0) is 15.9. The van der Waals surface area contributed by atoms with Gasteiger partial charge in [0.15, 0.2) is 5.65 Å². The lowest BCUT2D eigenvalue weighted by atomic mass is 9.92. The Morgan fingerprint density at radius 2 is 2.09 bits per heavy atom. The first-order valence-electron chi connectivity index (χ1n) is 7.96. The van der Waals surface area contributed by atoms with Crippen molar-refractivity contribution in [2.75, 3.05) is 32.9 Å². The van der Waals surface area contributed by atoms with Crippen molar-refractivity contribution in [3.63, 3.8) is 0 Å². The number of pyridine rings is 1. The molecule has 2 aromatic rings. The Morgan fingerprint density at radius 1 is 1.26 bits per heavy atom. The molecule has 2 aliphatic heterocycles. The number of fused-ring (bicyclic) bond motifs is 1. The van der Waals surface area contributed by atoms with Crippen molar-refractivity contribution in [3.8, 4) is 0 Å². The molecular weight excluding hydrogens is 296 g/mol. The SMILES string of the molecule is Cn1cnc2c(C(=O)N3CCOC4(CCOCC4)C3)ccnc21. The highest BCUT2D eigenvalue weighted by molar-refractivity contribution is 6.04. The van der Waals surface area contributed by atoms with Crippen LogP contribution in [0.3, 0.4) is 0 Å². The molecule has 0 bridgehead atoms. The minimum absolute atomic E-state index is 0.00488. The number of ether oxygens (including phenoxy) is 2. The van der Waals surface area contributed by atoms with Crippen LogP contribution in [0.4, 0.5) is 0 Å². The van der Waals surface area contributed by atoms with E-state index in [2.05, 4.69) is 9.97 Å². The van der Waals surface area contributed by atoms with E-state index in [1.54, 1.807) is 18.6 Å². The van der Waals surface area contributed by atoms with Gasteiger partial charge in [-0.1, -0.05) is 0 Å². The van der Waals surface area contributed by atoms with Crippen molar-refractivity contribution in [3.05, 3.63) is 24.2 Å². The maximum absolute atomic E-state index is 13.0. The van der Waals surface area contributed by atoms with Crippen LogP contribution in [-0.2, 0) is 16.5 Å². The summed E-state index contributed by atoms with van der Waals surface area (Å²) in [5.74, 6) is 0.00488. The number of rotatable bonds is 1. The number of morpholine rings is 1. The van der Waals surface area contributed by atoms with Gasteiger partial charge in [0.05, 0.1) is 30.6 Å². The normalized spacial score (nSPS) is 21.0. The van der Waals surface area contributed by atoms with Gasteiger partial charge in [-0.2, -0.15) is 0 Å². The number of carbonyl (C=O) groups excluding carboxylic acids is 1. The minimum atomic E-state index is -0.248. The highest BCUT2D eigenvalue weighted by Gasteiger charge is 2.40. The van der Waals surface area contributed by atoms with Crippen LogP contribution in [0.25, 0.3) is 11.2 Å². The van der Waals surface area contributed by atoms with Crippen LogP contribution in [-0.4, -0.2) is 63.9 Å². The lowest BCUT2D eigenvalue weighted by molar-refractivity contribution is -0.146. The Balaban J connectivity index is 1.62. The summed E-state index contributed by atoms with van der Waals surface area (Å²) in [5, 5.41) is 0. The molecule has 0 unspecified atom stereocenters. The number of aromatic nitrogens is 3. The van der Waals surface area contributed by atoms with Gasteiger partial charge < -0.3 is 18.9 Å². The van der Waals surface area contributed by atoms with Gasteiger partial charge in [-0.05, 0) is 6.07 Å². The van der Waals surface area contributed by atoms with Crippen molar-refractivity contribution in [1.82, 2.24) is 19.4 Å². The third-order valence-electron chi connectivity index (χ3n) is 4.77. The minimum Gasteiger partial charge on any atom is -0.381 e. The van der Waals surface area contributed by atoms with Gasteiger partial charge in [-0.25, -0.2) is 9.97 Å². The van der Waals surface area contributed by atoms with E-state index in [4.69, 9.17) is 9.47 Å². The quantitative estimate of drug-likeness (QED) is 0.785. The molecule has 2 saturated heterocycles. The fourth-order valence-corrected chi connectivity index (χ4v) is 3.43. The van der Waals surface area contributed by atoms with Gasteiger partial charge in [0.1, 0.15) is 5.52 Å². The lowest BCUT2D eigenvalue weighted by Crippen LogP contribution is -2.55. The Hall–Kier alpha value is -1.99. The van der Waals surface area contributed by atoms with E-state index in [9.17, 15) is 4.79 Å². The number of aryl methyl sites for hydroxylation is 1. The van der Waals surface area contributed by atoms with Crippen LogP contribution in [0.15, 0.2) is 18.6 Å². The first-order valence-corrected chi connectivity index (χ1v) is 7.96. The zero-order valence-electron chi connectivity index (χ0n) is 13.2. The molecule has 0 N–H and O–H groups in total. The van der Waals surface area contributed by atoms with Gasteiger partial charge in [0.2, 0.25) is 0 Å². The summed E-state index contributed by atoms with van der Waals surface area (Å²) in [4.78, 5) is 23.5. The predicted octanol–water partition coefficient (Wildman–Crippen LogP) is 0.990. The highest BCUT2D eigenvalue weighted by Crippen LogP contribution is 2.30. The topological polar surface area (TPSA) is 69.5 Å². The Bertz CT molecular complexity index is 730. The average Bonchev–Trinajstić information content (AvgIpc) is 2.96. The predicted molar refractivity (Wildman–Crippen MR) is 83.1 cm³/mol. The summed E-state index contributed by atoms with van der Waals surface area (Å²) >= 11 is 0. The molecule has 0 atom stereocenters. The first-order chi connectivity index (χ1) is 11.2. The van der Waals surface area contributed by atoms with Crippen LogP contribution in [0.5, 0.6) is 0 Å². The van der Waals surface area contributed by atoms with Crippen molar-refractivity contribution in [2.45, 2.75) is 18.4 Å². The molecule has 0 saturated carbocycles. The summed E-state index contributed by atoms with van der Waals surface area (Å²) in [5.41, 5.74) is 1.75. The average molecular weight is 316 g/mol. The van der Waals surface area contributed by atoms with Gasteiger partial charge in [-0.3, -0.25) is 4.79 Å². The third-order valence-corrected chi connectivity index (χ3v) is 4.77. The molecule has 23 heavy (non-hydrogen) atoms. The number of amides is 1. The Labute approximate surface area is 134 Å². The third kappa shape index (κ3) is 2.49. The summed E-state index contributed by atoms with van der Waals surface area (Å²) in [6, 6.07) is 1.75. The van der Waals surface area contributed by atoms with E-state index in [0.717, 1.165) is 18.5 Å². The second kappa shape index (κ2) is 5.58. The summed E-state index contributed by atoms with van der Waals surface area (Å²) < 4.78 is 13.3. The van der Waals surface area contributed by atoms with Gasteiger partial charge in [-0.15, -0.1) is 0 Å². The number of nitrogens with zero attached hydrogens (tertiary/aromatic N) is 4. The molecule has 7 nitrogen and oxygen atoms in total. The fourth-order valence-electron chi connectivity index (χ4n) is 3.43. The van der Waals surface area contributed by atoms with Crippen LogP contribution in [0, 0.1) is 0 Å². The lowest BCUT2D eigenvalue weighted by Gasteiger charge is -2.44. The van der Waals surface area contributed by atoms with Gasteiger partial charge in [0.25, 0.3) is 5.91 Å². The molecule has 4 heterocycles. The van der Waals surface area contributed by atoms with Gasteiger partial charge >= 0.3 is 0 Å². The van der Waals surface area contributed by atoms with Crippen molar-refractivity contribution in [1.29, 1.82) is 0 Å². The fraction of sp³-hybridized carbons (Fsp3) is 0.562. The smallest absolute Gasteiger partial charge is 0.256 e. The summed E-state index contributed by atoms with van der Waals surface area (Å²) in [7, 11) is 1.88. The second-order valence-electron chi connectivity index (χ2n) is 6.26. The molecular formula is C16H20N4O3. The molecule has 2 fully saturated rings. The highest BCUT2D eigenvalue weighted by atomic mass is 16.5. The second-order valence-corrected chi connectivity index (χ2v) is 6.26. The van der Waals surface area contributed by atoms with Crippen LogP contribution >= 0.6 is 0 Å². The number of hydrogen-bond donors (Lipinski definition) is 0. The van der Waals surface area contributed by atoms with Crippen molar-refractivity contribution >= 4 is 17.1 Å². The van der Waals surface area contributed by atoms with Gasteiger partial charge in [0, 0.05) is 45.8 Å². The molecule has 1 spiro atoms. The van der Waals surface area contributed by atoms with Crippen LogP contribution in [0.2, 0.25) is 0 Å². The van der Waals surface area contributed by atoms with E-state index < -0.39 is 0 Å². The Morgan fingerprint density at radius 3 is 2.91 bits per heavy atom. The molecule has 0 aromatic carbocycles. The molecule has 2 aromatic heterocycles. The maximum Gasteiger partial charge on any atom is 0.256 e.